The van der Waals surface area contributed by atoms with Gasteiger partial charge in [-0.15, -0.1) is 0 Å². The number of rotatable bonds is 21. The first-order valence-corrected chi connectivity index (χ1v) is 18.5. The average molecular weight is 718 g/mol. The molecule has 0 aliphatic carbocycles. The highest BCUT2D eigenvalue weighted by Gasteiger charge is 2.42. The molecule has 0 aromatic heterocycles. The smallest absolute Gasteiger partial charge is 0.242 e. The van der Waals surface area contributed by atoms with Crippen molar-refractivity contribution in [2.45, 2.75) is 103 Å². The van der Waals surface area contributed by atoms with Crippen LogP contribution in [0.5, 0.6) is 0 Å². The van der Waals surface area contributed by atoms with Crippen molar-refractivity contribution in [3.8, 4) is 0 Å². The first-order valence-electron chi connectivity index (χ1n) is 18.5. The number of carbonyl (C=O) groups excluding carboxylic acids is 4. The number of nitrogens with two attached hydrogens (primary N) is 1. The molecule has 0 saturated carbocycles. The van der Waals surface area contributed by atoms with Crippen LogP contribution in [0, 0.1) is 17.8 Å². The van der Waals surface area contributed by atoms with Crippen molar-refractivity contribution >= 4 is 29.3 Å². The molecule has 2 rings (SSSR count). The van der Waals surface area contributed by atoms with Gasteiger partial charge in [-0.1, -0.05) is 53.2 Å². The number of methoxy groups -OCH3 is 2. The Morgan fingerprint density at radius 1 is 1.00 bits per heavy atom. The Labute approximate surface area is 306 Å². The maximum atomic E-state index is 14.0. The van der Waals surface area contributed by atoms with Crippen LogP contribution in [-0.4, -0.2) is 137 Å². The van der Waals surface area contributed by atoms with Crippen molar-refractivity contribution in [2.24, 2.45) is 23.5 Å². The first kappa shape index (κ1) is 43.9. The quantitative estimate of drug-likeness (QED) is 0.150. The highest BCUT2D eigenvalue weighted by atomic mass is 16.5. The van der Waals surface area contributed by atoms with Crippen LogP contribution in [0.25, 0.3) is 0 Å². The van der Waals surface area contributed by atoms with Gasteiger partial charge < -0.3 is 41.0 Å². The minimum Gasteiger partial charge on any atom is -0.388 e. The largest absolute Gasteiger partial charge is 0.388 e. The Balaban J connectivity index is 2.14. The second kappa shape index (κ2) is 21.3. The van der Waals surface area contributed by atoms with Gasteiger partial charge in [-0.2, -0.15) is 0 Å². The van der Waals surface area contributed by atoms with E-state index in [9.17, 15) is 19.2 Å². The number of carbonyl (C=O) groups is 4. The van der Waals surface area contributed by atoms with Gasteiger partial charge in [-0.25, -0.2) is 0 Å². The molecule has 0 spiro atoms. The Bertz CT molecular complexity index is 1240. The van der Waals surface area contributed by atoms with Crippen LogP contribution in [0.1, 0.15) is 65.9 Å². The van der Waals surface area contributed by atoms with Gasteiger partial charge >= 0.3 is 0 Å². The third-order valence-electron chi connectivity index (χ3n) is 10.5. The molecule has 13 heteroatoms. The van der Waals surface area contributed by atoms with E-state index >= 15 is 0 Å². The molecule has 1 heterocycles. The summed E-state index contributed by atoms with van der Waals surface area (Å²) in [6.07, 6.45) is 1.79. The van der Waals surface area contributed by atoms with Crippen LogP contribution < -0.4 is 21.7 Å². The Kier molecular flexibility index (Phi) is 18.3. The van der Waals surface area contributed by atoms with Gasteiger partial charge in [0.1, 0.15) is 0 Å². The molecule has 7 unspecified atom stereocenters. The van der Waals surface area contributed by atoms with E-state index in [1.807, 2.05) is 89.8 Å². The maximum Gasteiger partial charge on any atom is 0.242 e. The van der Waals surface area contributed by atoms with Crippen molar-refractivity contribution in [1.29, 1.82) is 0 Å². The highest BCUT2D eigenvalue weighted by Crippen LogP contribution is 2.29. The summed E-state index contributed by atoms with van der Waals surface area (Å²) in [5.41, 5.74) is 8.14. The normalized spacial score (nSPS) is 18.8. The number of benzene rings is 1. The lowest BCUT2D eigenvalue weighted by atomic mass is 9.90. The molecule has 1 saturated heterocycles. The molecule has 51 heavy (non-hydrogen) atoms. The Hall–Kier alpha value is -3.26. The number of nitrogens with one attached hydrogen (secondary N) is 3. The molecule has 1 aromatic carbocycles. The summed E-state index contributed by atoms with van der Waals surface area (Å²) in [5, 5.41) is 9.03. The van der Waals surface area contributed by atoms with E-state index in [1.54, 1.807) is 26.2 Å². The van der Waals surface area contributed by atoms with Crippen LogP contribution in [0.4, 0.5) is 5.69 Å². The standard InChI is InChI=1S/C38H67N7O6/c1-12-25(4)35(44(9)33(47)23-41-38(49)34(24(2)3)43(7)8)31(50-10)21-32(46)45-19-13-14-30(45)36(51-11)26(5)37(48)42-29(22-39)20-27-15-17-28(40-6)18-16-27/h15-18,24-26,29-31,34-36,40H,12-14,19-23,39H2,1-11H3,(H,41,49)(H,42,48)/t25?,26-,29?,30?,31?,34?,35?,36?/m1/s1. The van der Waals surface area contributed by atoms with Gasteiger partial charge in [0.25, 0.3) is 0 Å². The van der Waals surface area contributed by atoms with Crippen molar-refractivity contribution in [1.82, 2.24) is 25.3 Å². The van der Waals surface area contributed by atoms with Crippen molar-refractivity contribution in [3.63, 3.8) is 0 Å². The van der Waals surface area contributed by atoms with E-state index in [0.717, 1.165) is 24.1 Å². The maximum absolute atomic E-state index is 14.0. The number of hydrogen-bond acceptors (Lipinski definition) is 9. The van der Waals surface area contributed by atoms with E-state index in [4.69, 9.17) is 15.2 Å². The summed E-state index contributed by atoms with van der Waals surface area (Å²) in [6.45, 7) is 10.5. The topological polar surface area (TPSA) is 159 Å². The zero-order chi connectivity index (χ0) is 38.4. The number of ether oxygens (including phenoxy) is 2. The number of amides is 4. The first-order chi connectivity index (χ1) is 24.1. The van der Waals surface area contributed by atoms with E-state index in [2.05, 4.69) is 16.0 Å². The number of likely N-dealkylation sites (tertiary alicyclic amines) is 1. The Morgan fingerprint density at radius 3 is 2.16 bits per heavy atom. The molecule has 0 bridgehead atoms. The zero-order valence-electron chi connectivity index (χ0n) is 33.0. The second-order valence-corrected chi connectivity index (χ2v) is 14.6. The molecule has 290 valence electrons. The van der Waals surface area contributed by atoms with Crippen LogP contribution in [-0.2, 0) is 35.1 Å². The minimum atomic E-state index is -0.585. The number of anilines is 1. The predicted octanol–water partition coefficient (Wildman–Crippen LogP) is 2.34. The molecular formula is C38H67N7O6. The molecule has 1 aliphatic heterocycles. The lowest BCUT2D eigenvalue weighted by molar-refractivity contribution is -0.146. The number of nitrogens with zero attached hydrogens (tertiary/aromatic N) is 3. The molecule has 4 amide bonds. The van der Waals surface area contributed by atoms with Crippen LogP contribution >= 0.6 is 0 Å². The number of likely N-dealkylation sites (N-methyl/N-ethyl adjacent to an activating group) is 2. The van der Waals surface area contributed by atoms with Gasteiger partial charge in [-0.3, -0.25) is 24.1 Å². The summed E-state index contributed by atoms with van der Waals surface area (Å²) in [7, 11) is 10.4. The molecule has 1 aliphatic rings. The molecule has 5 N–H and O–H groups in total. The third kappa shape index (κ3) is 12.2. The minimum absolute atomic E-state index is 0.0131. The van der Waals surface area contributed by atoms with Gasteiger partial charge in [0.05, 0.1) is 49.2 Å². The molecule has 1 fully saturated rings. The Morgan fingerprint density at radius 2 is 1.65 bits per heavy atom. The SMILES string of the molecule is CCC(C)C(C(CC(=O)N1CCCC1C(OC)[C@@H](C)C(=O)NC(CN)Cc1ccc(NC)cc1)OC)N(C)C(=O)CNC(=O)C(C(C)C)N(C)C. The van der Waals surface area contributed by atoms with E-state index in [-0.39, 0.29) is 73.1 Å². The van der Waals surface area contributed by atoms with Gasteiger partial charge in [0, 0.05) is 53.1 Å². The summed E-state index contributed by atoms with van der Waals surface area (Å²) >= 11 is 0. The van der Waals surface area contributed by atoms with Gasteiger partial charge in [-0.05, 0) is 62.9 Å². The summed E-state index contributed by atoms with van der Waals surface area (Å²) < 4.78 is 11.9. The van der Waals surface area contributed by atoms with E-state index in [1.165, 1.54) is 0 Å². The highest BCUT2D eigenvalue weighted by molar-refractivity contribution is 5.87. The van der Waals surface area contributed by atoms with Crippen molar-refractivity contribution in [3.05, 3.63) is 29.8 Å². The predicted molar refractivity (Wildman–Crippen MR) is 202 cm³/mol. The van der Waals surface area contributed by atoms with Gasteiger partial charge in [0.15, 0.2) is 0 Å². The summed E-state index contributed by atoms with van der Waals surface area (Å²) in [5.74, 6) is -1.20. The fourth-order valence-electron chi connectivity index (χ4n) is 7.47. The average Bonchev–Trinajstić information content (AvgIpc) is 3.59. The molecular weight excluding hydrogens is 650 g/mol. The summed E-state index contributed by atoms with van der Waals surface area (Å²) in [6, 6.07) is 6.69. The lowest BCUT2D eigenvalue weighted by Gasteiger charge is -2.39. The molecule has 8 atom stereocenters. The molecule has 13 nitrogen and oxygen atoms in total. The zero-order valence-corrected chi connectivity index (χ0v) is 33.0. The van der Waals surface area contributed by atoms with E-state index < -0.39 is 24.2 Å². The fourth-order valence-corrected chi connectivity index (χ4v) is 7.47. The van der Waals surface area contributed by atoms with Crippen LogP contribution in [0.3, 0.4) is 0 Å². The third-order valence-corrected chi connectivity index (χ3v) is 10.5. The molecule has 0 radical (unpaired) electrons. The fraction of sp³-hybridized carbons (Fsp3) is 0.737. The lowest BCUT2D eigenvalue weighted by Crippen LogP contribution is -2.55. The second-order valence-electron chi connectivity index (χ2n) is 14.6. The number of hydrogen-bond donors (Lipinski definition) is 4. The van der Waals surface area contributed by atoms with Gasteiger partial charge in [0.2, 0.25) is 23.6 Å². The summed E-state index contributed by atoms with van der Waals surface area (Å²) in [4.78, 5) is 59.2. The van der Waals surface area contributed by atoms with E-state index in [0.29, 0.717) is 19.4 Å². The van der Waals surface area contributed by atoms with Crippen LogP contribution in [0.15, 0.2) is 24.3 Å². The molecule has 1 aromatic rings. The monoisotopic (exact) mass is 718 g/mol. The van der Waals surface area contributed by atoms with Crippen molar-refractivity contribution in [2.75, 3.05) is 67.4 Å². The van der Waals surface area contributed by atoms with Crippen LogP contribution in [0.2, 0.25) is 0 Å². The van der Waals surface area contributed by atoms with Crippen molar-refractivity contribution < 1.29 is 28.7 Å².